The molecule has 0 saturated heterocycles. The van der Waals surface area contributed by atoms with Crippen LogP contribution in [0.25, 0.3) is 0 Å². The number of hydrogen-bond donors (Lipinski definition) is 4. The lowest BCUT2D eigenvalue weighted by Crippen LogP contribution is -2.37. The minimum atomic E-state index is -0.707. The Kier molecular flexibility index (Phi) is 4.92. The largest absolute Gasteiger partial charge is 0.508 e. The highest BCUT2D eigenvalue weighted by atomic mass is 16.3. The smallest absolute Gasteiger partial charge is 0.241 e. The van der Waals surface area contributed by atoms with Gasteiger partial charge in [-0.15, -0.1) is 0 Å². The fraction of sp³-hybridized carbons (Fsp3) is 0.188. The predicted octanol–water partition coefficient (Wildman–Crippen LogP) is 1.39. The van der Waals surface area contributed by atoms with Crippen LogP contribution in [0.3, 0.4) is 0 Å². The summed E-state index contributed by atoms with van der Waals surface area (Å²) in [5.41, 5.74) is 7.96. The molecule has 0 bridgehead atoms. The molecule has 5 heteroatoms. The maximum absolute atomic E-state index is 12.1. The summed E-state index contributed by atoms with van der Waals surface area (Å²) in [6, 6.07) is 12.9. The van der Waals surface area contributed by atoms with Crippen molar-refractivity contribution >= 4 is 11.6 Å². The van der Waals surface area contributed by atoms with E-state index in [4.69, 9.17) is 5.73 Å². The summed E-state index contributed by atoms with van der Waals surface area (Å²) in [7, 11) is 0. The van der Waals surface area contributed by atoms with Gasteiger partial charge in [0.15, 0.2) is 0 Å². The van der Waals surface area contributed by atoms with Gasteiger partial charge >= 0.3 is 0 Å². The second-order valence-corrected chi connectivity index (χ2v) is 4.78. The fourth-order valence-corrected chi connectivity index (χ4v) is 1.98. The van der Waals surface area contributed by atoms with Crippen LogP contribution in [-0.4, -0.2) is 22.2 Å². The van der Waals surface area contributed by atoms with Gasteiger partial charge in [-0.1, -0.05) is 30.3 Å². The zero-order chi connectivity index (χ0) is 15.2. The zero-order valence-corrected chi connectivity index (χ0v) is 11.5. The monoisotopic (exact) mass is 286 g/mol. The van der Waals surface area contributed by atoms with Crippen molar-refractivity contribution < 1.29 is 15.0 Å². The molecular formula is C16H18N2O3. The second kappa shape index (κ2) is 6.88. The van der Waals surface area contributed by atoms with Crippen molar-refractivity contribution in [3.05, 3.63) is 59.7 Å². The Morgan fingerprint density at radius 2 is 1.81 bits per heavy atom. The third kappa shape index (κ3) is 4.05. The number of anilines is 1. The number of aliphatic hydroxyl groups is 1. The molecule has 5 N–H and O–H groups in total. The van der Waals surface area contributed by atoms with Gasteiger partial charge in [-0.25, -0.2) is 0 Å². The maximum Gasteiger partial charge on any atom is 0.241 e. The maximum atomic E-state index is 12.1. The van der Waals surface area contributed by atoms with Crippen LogP contribution in [-0.2, 0) is 17.8 Å². The van der Waals surface area contributed by atoms with Gasteiger partial charge in [0.1, 0.15) is 5.75 Å². The number of phenols is 1. The molecule has 0 radical (unpaired) electrons. The van der Waals surface area contributed by atoms with E-state index in [1.54, 1.807) is 48.5 Å². The number of amides is 1. The van der Waals surface area contributed by atoms with Crippen LogP contribution in [0.2, 0.25) is 0 Å². The molecule has 2 aromatic rings. The molecule has 0 aliphatic rings. The summed E-state index contributed by atoms with van der Waals surface area (Å²) >= 11 is 0. The van der Waals surface area contributed by atoms with Crippen LogP contribution < -0.4 is 11.1 Å². The lowest BCUT2D eigenvalue weighted by Gasteiger charge is -2.14. The van der Waals surface area contributed by atoms with Gasteiger partial charge in [0.25, 0.3) is 0 Å². The van der Waals surface area contributed by atoms with Crippen molar-refractivity contribution in [1.82, 2.24) is 0 Å². The molecule has 0 aromatic heterocycles. The standard InChI is InChI=1S/C16H18N2O3/c17-14(9-11-5-7-13(20)8-6-11)16(21)18-15-4-2-1-3-12(15)10-19/h1-8,14,19-20H,9-10,17H2,(H,18,21)/t14-/m0/s1. The number of nitrogens with one attached hydrogen (secondary N) is 1. The van der Waals surface area contributed by atoms with E-state index in [0.29, 0.717) is 17.7 Å². The molecule has 0 fully saturated rings. The number of carbonyl (C=O) groups is 1. The van der Waals surface area contributed by atoms with Crippen LogP contribution in [0.5, 0.6) is 5.75 Å². The van der Waals surface area contributed by atoms with E-state index in [1.807, 2.05) is 0 Å². The molecule has 0 heterocycles. The molecule has 0 spiro atoms. The first-order chi connectivity index (χ1) is 10.1. The van der Waals surface area contributed by atoms with Crippen molar-refractivity contribution in [3.63, 3.8) is 0 Å². The number of hydrogen-bond acceptors (Lipinski definition) is 4. The molecule has 0 aliphatic heterocycles. The number of aromatic hydroxyl groups is 1. The predicted molar refractivity (Wildman–Crippen MR) is 80.8 cm³/mol. The van der Waals surface area contributed by atoms with Crippen molar-refractivity contribution in [2.24, 2.45) is 5.73 Å². The summed E-state index contributed by atoms with van der Waals surface area (Å²) < 4.78 is 0. The van der Waals surface area contributed by atoms with Gasteiger partial charge in [0.2, 0.25) is 5.91 Å². The molecule has 5 nitrogen and oxygen atoms in total. The average Bonchev–Trinajstić information content (AvgIpc) is 2.50. The molecule has 1 amide bonds. The minimum absolute atomic E-state index is 0.149. The summed E-state index contributed by atoms with van der Waals surface area (Å²) in [6.45, 7) is -0.149. The number of para-hydroxylation sites is 1. The van der Waals surface area contributed by atoms with Crippen molar-refractivity contribution in [2.75, 3.05) is 5.32 Å². The zero-order valence-electron chi connectivity index (χ0n) is 11.5. The minimum Gasteiger partial charge on any atom is -0.508 e. The SMILES string of the molecule is N[C@@H](Cc1ccc(O)cc1)C(=O)Nc1ccccc1CO. The van der Waals surface area contributed by atoms with Crippen molar-refractivity contribution in [1.29, 1.82) is 0 Å². The van der Waals surface area contributed by atoms with Crippen LogP contribution in [0.1, 0.15) is 11.1 Å². The van der Waals surface area contributed by atoms with E-state index in [9.17, 15) is 15.0 Å². The van der Waals surface area contributed by atoms with Gasteiger partial charge in [-0.05, 0) is 30.2 Å². The first-order valence-corrected chi connectivity index (χ1v) is 6.63. The number of rotatable bonds is 5. The summed E-state index contributed by atoms with van der Waals surface area (Å²) in [6.07, 6.45) is 0.368. The topological polar surface area (TPSA) is 95.6 Å². The first-order valence-electron chi connectivity index (χ1n) is 6.63. The van der Waals surface area contributed by atoms with Crippen LogP contribution in [0, 0.1) is 0 Å². The van der Waals surface area contributed by atoms with Gasteiger partial charge in [-0.3, -0.25) is 4.79 Å². The Balaban J connectivity index is 2.01. The molecule has 0 aliphatic carbocycles. The summed E-state index contributed by atoms with van der Waals surface area (Å²) in [5, 5.41) is 21.2. The number of nitrogens with two attached hydrogens (primary N) is 1. The summed E-state index contributed by atoms with van der Waals surface area (Å²) in [5.74, 6) is -0.141. The third-order valence-electron chi connectivity index (χ3n) is 3.17. The van der Waals surface area contributed by atoms with Gasteiger partial charge in [0.05, 0.1) is 12.6 Å². The van der Waals surface area contributed by atoms with Gasteiger partial charge < -0.3 is 21.3 Å². The van der Waals surface area contributed by atoms with E-state index < -0.39 is 6.04 Å². The Morgan fingerprint density at radius 1 is 1.14 bits per heavy atom. The van der Waals surface area contributed by atoms with E-state index in [0.717, 1.165) is 5.56 Å². The van der Waals surface area contributed by atoms with Crippen molar-refractivity contribution in [2.45, 2.75) is 19.1 Å². The Labute approximate surface area is 123 Å². The molecule has 0 saturated carbocycles. The van der Waals surface area contributed by atoms with Crippen LogP contribution in [0.15, 0.2) is 48.5 Å². The highest BCUT2D eigenvalue weighted by Crippen LogP contribution is 2.16. The van der Waals surface area contributed by atoms with Crippen LogP contribution >= 0.6 is 0 Å². The number of phenolic OH excluding ortho intramolecular Hbond substituents is 1. The Morgan fingerprint density at radius 3 is 2.48 bits per heavy atom. The van der Waals surface area contributed by atoms with Gasteiger partial charge in [0, 0.05) is 11.3 Å². The molecular weight excluding hydrogens is 268 g/mol. The fourth-order valence-electron chi connectivity index (χ4n) is 1.98. The molecule has 2 rings (SSSR count). The number of benzene rings is 2. The lowest BCUT2D eigenvalue weighted by atomic mass is 10.1. The Bertz CT molecular complexity index is 611. The molecule has 21 heavy (non-hydrogen) atoms. The second-order valence-electron chi connectivity index (χ2n) is 4.78. The quantitative estimate of drug-likeness (QED) is 0.668. The average molecular weight is 286 g/mol. The highest BCUT2D eigenvalue weighted by Gasteiger charge is 2.15. The lowest BCUT2D eigenvalue weighted by molar-refractivity contribution is -0.117. The van der Waals surface area contributed by atoms with Crippen LogP contribution in [0.4, 0.5) is 5.69 Å². The molecule has 110 valence electrons. The van der Waals surface area contributed by atoms with E-state index >= 15 is 0 Å². The normalized spacial score (nSPS) is 11.9. The van der Waals surface area contributed by atoms with Crippen molar-refractivity contribution in [3.8, 4) is 5.75 Å². The van der Waals surface area contributed by atoms with Gasteiger partial charge in [-0.2, -0.15) is 0 Å². The highest BCUT2D eigenvalue weighted by molar-refractivity contribution is 5.95. The van der Waals surface area contributed by atoms with E-state index in [-0.39, 0.29) is 18.3 Å². The third-order valence-corrected chi connectivity index (χ3v) is 3.17. The Hall–Kier alpha value is -2.37. The number of carbonyl (C=O) groups excluding carboxylic acids is 1. The molecule has 2 aromatic carbocycles. The summed E-state index contributed by atoms with van der Waals surface area (Å²) in [4.78, 5) is 12.1. The first kappa shape index (κ1) is 15.0. The van der Waals surface area contributed by atoms with E-state index in [1.165, 1.54) is 0 Å². The van der Waals surface area contributed by atoms with E-state index in [2.05, 4.69) is 5.32 Å². The molecule has 1 atom stereocenters. The molecule has 0 unspecified atom stereocenters. The number of aliphatic hydroxyl groups excluding tert-OH is 1.